The van der Waals surface area contributed by atoms with Gasteiger partial charge >= 0.3 is 0 Å². The first-order chi connectivity index (χ1) is 14.8. The molecule has 31 heavy (non-hydrogen) atoms. The number of amides is 2. The lowest BCUT2D eigenvalue weighted by molar-refractivity contribution is -0.120. The predicted molar refractivity (Wildman–Crippen MR) is 121 cm³/mol. The summed E-state index contributed by atoms with van der Waals surface area (Å²) in [4.78, 5) is 27.9. The standard InChI is InChI=1S/C26H23FN2O2/c1-16(2)18-8-14-22(15-9-18)29-25(30)23(19-6-10-20(27)11-7-19)24(26(29)31)28-21-12-4-17(3)5-13-21/h4-16,28H,1-3H3. The monoisotopic (exact) mass is 414 g/mol. The first kappa shape index (κ1) is 20.5. The van der Waals surface area contributed by atoms with E-state index in [9.17, 15) is 14.0 Å². The molecule has 2 amide bonds. The maximum atomic E-state index is 13.5. The molecule has 0 aliphatic carbocycles. The van der Waals surface area contributed by atoms with Gasteiger partial charge in [0.1, 0.15) is 11.5 Å². The fraction of sp³-hybridized carbons (Fsp3) is 0.154. The Morgan fingerprint density at radius 1 is 0.806 bits per heavy atom. The highest BCUT2D eigenvalue weighted by atomic mass is 19.1. The molecule has 156 valence electrons. The zero-order valence-electron chi connectivity index (χ0n) is 17.6. The topological polar surface area (TPSA) is 49.4 Å². The summed E-state index contributed by atoms with van der Waals surface area (Å²) in [5, 5.41) is 3.11. The number of halogens is 1. The van der Waals surface area contributed by atoms with Gasteiger partial charge in [0.25, 0.3) is 11.8 Å². The van der Waals surface area contributed by atoms with Gasteiger partial charge in [0.05, 0.1) is 11.3 Å². The number of hydrogen-bond donors (Lipinski definition) is 1. The van der Waals surface area contributed by atoms with Gasteiger partial charge in [0, 0.05) is 5.69 Å². The third kappa shape index (κ3) is 3.99. The SMILES string of the molecule is Cc1ccc(NC2=C(c3ccc(F)cc3)C(=O)N(c3ccc(C(C)C)cc3)C2=O)cc1. The Morgan fingerprint density at radius 3 is 2.00 bits per heavy atom. The van der Waals surface area contributed by atoms with Crippen molar-refractivity contribution in [2.45, 2.75) is 26.7 Å². The molecule has 4 nitrogen and oxygen atoms in total. The summed E-state index contributed by atoms with van der Waals surface area (Å²) in [7, 11) is 0. The van der Waals surface area contributed by atoms with Crippen LogP contribution in [0.1, 0.15) is 36.5 Å². The predicted octanol–water partition coefficient (Wildman–Crippen LogP) is 5.65. The lowest BCUT2D eigenvalue weighted by atomic mass is 10.0. The van der Waals surface area contributed by atoms with Crippen molar-refractivity contribution in [3.05, 3.63) is 101 Å². The van der Waals surface area contributed by atoms with E-state index in [0.717, 1.165) is 11.1 Å². The van der Waals surface area contributed by atoms with Gasteiger partial charge in [0.15, 0.2) is 0 Å². The Labute approximate surface area is 181 Å². The van der Waals surface area contributed by atoms with Crippen LogP contribution in [-0.4, -0.2) is 11.8 Å². The molecule has 3 aromatic carbocycles. The largest absolute Gasteiger partial charge is 0.350 e. The molecular weight excluding hydrogens is 391 g/mol. The van der Waals surface area contributed by atoms with Crippen LogP contribution in [0.5, 0.6) is 0 Å². The van der Waals surface area contributed by atoms with Gasteiger partial charge < -0.3 is 5.32 Å². The molecule has 5 heteroatoms. The van der Waals surface area contributed by atoms with E-state index in [-0.39, 0.29) is 11.3 Å². The van der Waals surface area contributed by atoms with Gasteiger partial charge in [-0.3, -0.25) is 9.59 Å². The zero-order valence-corrected chi connectivity index (χ0v) is 17.6. The number of imide groups is 1. The van der Waals surface area contributed by atoms with Crippen molar-refractivity contribution >= 4 is 28.8 Å². The van der Waals surface area contributed by atoms with Gasteiger partial charge in [-0.1, -0.05) is 55.8 Å². The second-order valence-electron chi connectivity index (χ2n) is 7.94. The second-order valence-corrected chi connectivity index (χ2v) is 7.94. The summed E-state index contributed by atoms with van der Waals surface area (Å²) in [5.41, 5.74) is 4.27. The third-order valence-electron chi connectivity index (χ3n) is 5.36. The third-order valence-corrected chi connectivity index (χ3v) is 5.36. The number of rotatable bonds is 5. The van der Waals surface area contributed by atoms with Gasteiger partial charge in [-0.2, -0.15) is 0 Å². The molecule has 0 bridgehead atoms. The van der Waals surface area contributed by atoms with E-state index < -0.39 is 17.6 Å². The minimum Gasteiger partial charge on any atom is -0.350 e. The van der Waals surface area contributed by atoms with Gasteiger partial charge in [-0.05, 0) is 60.4 Å². The average molecular weight is 414 g/mol. The van der Waals surface area contributed by atoms with E-state index in [1.54, 1.807) is 12.1 Å². The quantitative estimate of drug-likeness (QED) is 0.549. The van der Waals surface area contributed by atoms with E-state index in [1.807, 2.05) is 43.3 Å². The molecule has 0 radical (unpaired) electrons. The minimum atomic E-state index is -0.442. The molecule has 0 unspecified atom stereocenters. The van der Waals surface area contributed by atoms with Crippen molar-refractivity contribution in [1.29, 1.82) is 0 Å². The summed E-state index contributed by atoms with van der Waals surface area (Å²) in [6.45, 7) is 6.14. The molecule has 1 aliphatic rings. The molecule has 0 fully saturated rings. The van der Waals surface area contributed by atoms with Crippen molar-refractivity contribution in [3.8, 4) is 0 Å². The number of carbonyl (C=O) groups excluding carboxylic acids is 2. The van der Waals surface area contributed by atoms with Crippen LogP contribution >= 0.6 is 0 Å². The Morgan fingerprint density at radius 2 is 1.42 bits per heavy atom. The molecule has 3 aromatic rings. The van der Waals surface area contributed by atoms with Crippen molar-refractivity contribution in [2.75, 3.05) is 10.2 Å². The van der Waals surface area contributed by atoms with E-state index in [4.69, 9.17) is 0 Å². The number of nitrogens with one attached hydrogen (secondary N) is 1. The highest BCUT2D eigenvalue weighted by molar-refractivity contribution is 6.46. The maximum Gasteiger partial charge on any atom is 0.282 e. The summed E-state index contributed by atoms with van der Waals surface area (Å²) >= 11 is 0. The van der Waals surface area contributed by atoms with E-state index in [2.05, 4.69) is 19.2 Å². The average Bonchev–Trinajstić information content (AvgIpc) is 3.00. The summed E-state index contributed by atoms with van der Waals surface area (Å²) in [5.74, 6) is -0.952. The lowest BCUT2D eigenvalue weighted by Crippen LogP contribution is -2.32. The number of aryl methyl sites for hydroxylation is 1. The Balaban J connectivity index is 1.77. The van der Waals surface area contributed by atoms with Crippen LogP contribution in [0.2, 0.25) is 0 Å². The molecule has 0 atom stereocenters. The number of nitrogens with zero attached hydrogens (tertiary/aromatic N) is 1. The Hall–Kier alpha value is -3.73. The molecule has 0 saturated carbocycles. The lowest BCUT2D eigenvalue weighted by Gasteiger charge is -2.16. The van der Waals surface area contributed by atoms with E-state index in [1.165, 1.54) is 29.2 Å². The zero-order chi connectivity index (χ0) is 22.1. The molecule has 0 aromatic heterocycles. The summed E-state index contributed by atoms with van der Waals surface area (Å²) in [6, 6.07) is 20.5. The number of benzene rings is 3. The molecular formula is C26H23FN2O2. The van der Waals surface area contributed by atoms with Crippen molar-refractivity contribution in [3.63, 3.8) is 0 Å². The van der Waals surface area contributed by atoms with Gasteiger partial charge in [0.2, 0.25) is 0 Å². The van der Waals surface area contributed by atoms with Crippen LogP contribution in [0, 0.1) is 12.7 Å². The first-order valence-corrected chi connectivity index (χ1v) is 10.2. The van der Waals surface area contributed by atoms with Crippen LogP contribution < -0.4 is 10.2 Å². The number of carbonyl (C=O) groups is 2. The molecule has 1 aliphatic heterocycles. The van der Waals surface area contributed by atoms with Crippen LogP contribution in [0.15, 0.2) is 78.5 Å². The smallest absolute Gasteiger partial charge is 0.282 e. The fourth-order valence-corrected chi connectivity index (χ4v) is 3.55. The molecule has 1 N–H and O–H groups in total. The van der Waals surface area contributed by atoms with E-state index in [0.29, 0.717) is 22.9 Å². The fourth-order valence-electron chi connectivity index (χ4n) is 3.55. The Kier molecular flexibility index (Phi) is 5.42. The Bertz CT molecular complexity index is 1160. The second kappa shape index (κ2) is 8.19. The molecule has 0 saturated heterocycles. The van der Waals surface area contributed by atoms with Crippen molar-refractivity contribution in [2.24, 2.45) is 0 Å². The van der Waals surface area contributed by atoms with Gasteiger partial charge in [-0.25, -0.2) is 9.29 Å². The molecule has 4 rings (SSSR count). The maximum absolute atomic E-state index is 13.5. The summed E-state index contributed by atoms with van der Waals surface area (Å²) in [6.07, 6.45) is 0. The van der Waals surface area contributed by atoms with Crippen LogP contribution in [0.4, 0.5) is 15.8 Å². The highest BCUT2D eigenvalue weighted by Crippen LogP contribution is 2.34. The van der Waals surface area contributed by atoms with Crippen molar-refractivity contribution < 1.29 is 14.0 Å². The molecule has 0 spiro atoms. The first-order valence-electron chi connectivity index (χ1n) is 10.2. The number of hydrogen-bond acceptors (Lipinski definition) is 3. The number of anilines is 2. The van der Waals surface area contributed by atoms with Crippen LogP contribution in [0.25, 0.3) is 5.57 Å². The van der Waals surface area contributed by atoms with Crippen LogP contribution in [0.3, 0.4) is 0 Å². The van der Waals surface area contributed by atoms with Crippen molar-refractivity contribution in [1.82, 2.24) is 0 Å². The van der Waals surface area contributed by atoms with E-state index >= 15 is 0 Å². The van der Waals surface area contributed by atoms with Gasteiger partial charge in [-0.15, -0.1) is 0 Å². The normalized spacial score (nSPS) is 14.0. The molecule has 1 heterocycles. The van der Waals surface area contributed by atoms with Crippen LogP contribution in [-0.2, 0) is 9.59 Å². The summed E-state index contributed by atoms with van der Waals surface area (Å²) < 4.78 is 13.5. The highest BCUT2D eigenvalue weighted by Gasteiger charge is 2.40. The minimum absolute atomic E-state index is 0.174.